The Bertz CT molecular complexity index is 1700. The molecule has 184 valence electrons. The van der Waals surface area contributed by atoms with E-state index in [-0.39, 0.29) is 18.5 Å². The summed E-state index contributed by atoms with van der Waals surface area (Å²) in [6, 6.07) is 25.3. The van der Waals surface area contributed by atoms with Gasteiger partial charge in [-0.25, -0.2) is 9.48 Å². The number of hydrogen-bond acceptors (Lipinski definition) is 5. The Labute approximate surface area is 210 Å². The number of H-pyrrole nitrogens is 1. The lowest BCUT2D eigenvalue weighted by atomic mass is 10.1. The van der Waals surface area contributed by atoms with Crippen molar-refractivity contribution in [2.45, 2.75) is 13.0 Å². The number of fused-ring (bicyclic) bond motifs is 1. The summed E-state index contributed by atoms with van der Waals surface area (Å²) in [5.74, 6) is -1.05. The van der Waals surface area contributed by atoms with Crippen LogP contribution in [0.2, 0.25) is 0 Å². The summed E-state index contributed by atoms with van der Waals surface area (Å²) >= 11 is 0. The number of amides is 2. The Morgan fingerprint density at radius 2 is 1.51 bits per heavy atom. The van der Waals surface area contributed by atoms with Crippen molar-refractivity contribution >= 4 is 22.7 Å². The predicted molar refractivity (Wildman–Crippen MR) is 138 cm³/mol. The number of benzene rings is 3. The molecule has 0 saturated carbocycles. The van der Waals surface area contributed by atoms with E-state index in [4.69, 9.17) is 0 Å². The molecule has 0 unspecified atom stereocenters. The molecule has 0 saturated heterocycles. The minimum Gasteiger partial charge on any atom is -0.293 e. The van der Waals surface area contributed by atoms with Crippen LogP contribution in [0.4, 0.5) is 0 Å². The number of hydrogen-bond donors (Lipinski definition) is 3. The van der Waals surface area contributed by atoms with Gasteiger partial charge in [-0.2, -0.15) is 5.10 Å². The highest BCUT2D eigenvalue weighted by Crippen LogP contribution is 2.23. The van der Waals surface area contributed by atoms with Crippen LogP contribution in [-0.2, 0) is 11.3 Å². The number of aromatic amines is 1. The van der Waals surface area contributed by atoms with Crippen LogP contribution in [0, 0.1) is 0 Å². The van der Waals surface area contributed by atoms with Crippen LogP contribution in [0.25, 0.3) is 27.8 Å². The second kappa shape index (κ2) is 10.2. The Balaban J connectivity index is 1.31. The first-order chi connectivity index (χ1) is 18.0. The highest BCUT2D eigenvalue weighted by molar-refractivity contribution is 6.00. The number of aryl methyl sites for hydroxylation is 1. The van der Waals surface area contributed by atoms with Gasteiger partial charge in [0.2, 0.25) is 5.91 Å². The zero-order valence-corrected chi connectivity index (χ0v) is 19.5. The highest BCUT2D eigenvalue weighted by Gasteiger charge is 2.19. The van der Waals surface area contributed by atoms with E-state index < -0.39 is 23.1 Å². The van der Waals surface area contributed by atoms with Crippen molar-refractivity contribution in [3.63, 3.8) is 0 Å². The number of nitrogens with one attached hydrogen (secondary N) is 3. The summed E-state index contributed by atoms with van der Waals surface area (Å²) in [6.07, 6.45) is 1.50. The largest absolute Gasteiger partial charge is 0.328 e. The van der Waals surface area contributed by atoms with Gasteiger partial charge in [-0.3, -0.25) is 34.8 Å². The molecule has 5 aromatic rings. The molecule has 3 aromatic carbocycles. The maximum Gasteiger partial charge on any atom is 0.328 e. The van der Waals surface area contributed by atoms with E-state index in [1.165, 1.54) is 4.57 Å². The van der Waals surface area contributed by atoms with E-state index >= 15 is 0 Å². The van der Waals surface area contributed by atoms with Gasteiger partial charge in [0, 0.05) is 24.7 Å². The molecule has 0 aliphatic carbocycles. The van der Waals surface area contributed by atoms with Crippen molar-refractivity contribution in [3.05, 3.63) is 118 Å². The smallest absolute Gasteiger partial charge is 0.293 e. The lowest BCUT2D eigenvalue weighted by Gasteiger charge is -2.10. The third-order valence-corrected chi connectivity index (χ3v) is 5.81. The van der Waals surface area contributed by atoms with E-state index in [0.717, 1.165) is 11.3 Å². The number of nitrogens with zero attached hydrogens (tertiary/aromatic N) is 3. The normalized spacial score (nSPS) is 10.8. The highest BCUT2D eigenvalue weighted by atomic mass is 16.2. The second-order valence-electron chi connectivity index (χ2n) is 8.22. The molecule has 37 heavy (non-hydrogen) atoms. The number of aromatic nitrogens is 4. The summed E-state index contributed by atoms with van der Waals surface area (Å²) in [6.45, 7) is 0.0129. The first-order valence-electron chi connectivity index (χ1n) is 11.5. The summed E-state index contributed by atoms with van der Waals surface area (Å²) in [5, 5.41) is 4.94. The second-order valence-corrected chi connectivity index (χ2v) is 8.22. The summed E-state index contributed by atoms with van der Waals surface area (Å²) in [4.78, 5) is 52.2. The third kappa shape index (κ3) is 4.94. The fraction of sp³-hybridized carbons (Fsp3) is 0.0741. The minimum absolute atomic E-state index is 0.0129. The molecule has 10 heteroatoms. The predicted octanol–water partition coefficient (Wildman–Crippen LogP) is 2.39. The van der Waals surface area contributed by atoms with E-state index in [0.29, 0.717) is 16.6 Å². The molecule has 2 amide bonds. The van der Waals surface area contributed by atoms with Gasteiger partial charge in [0.15, 0.2) is 0 Å². The molecular formula is C27H22N6O4. The number of carbonyl (C=O) groups excluding carboxylic acids is 2. The lowest BCUT2D eigenvalue weighted by Crippen LogP contribution is -2.42. The molecule has 0 bridgehead atoms. The maximum absolute atomic E-state index is 13.1. The third-order valence-electron chi connectivity index (χ3n) is 5.81. The topological polar surface area (TPSA) is 131 Å². The van der Waals surface area contributed by atoms with Crippen molar-refractivity contribution in [3.8, 4) is 16.9 Å². The zero-order valence-electron chi connectivity index (χ0n) is 19.5. The van der Waals surface area contributed by atoms with Gasteiger partial charge in [0.25, 0.3) is 11.5 Å². The molecule has 0 spiro atoms. The number of rotatable bonds is 6. The van der Waals surface area contributed by atoms with Gasteiger partial charge in [-0.1, -0.05) is 60.7 Å². The SMILES string of the molecule is O=C(CCn1c(=O)[nH]c(=O)c2ccccc21)NNC(=O)c1cn(-c2ccccc2)nc1-c1ccccc1. The zero-order chi connectivity index (χ0) is 25.8. The fourth-order valence-corrected chi connectivity index (χ4v) is 4.00. The average Bonchev–Trinajstić information content (AvgIpc) is 3.38. The standard InChI is InChI=1S/C27H22N6O4/c34-23(15-16-32-22-14-8-7-13-20(22)25(35)28-27(32)37)29-30-26(36)21-17-33(19-11-5-2-6-12-19)31-24(21)18-9-3-1-4-10-18/h1-14,17H,15-16H2,(H,29,34)(H,30,36)(H,28,35,37). The number of carbonyl (C=O) groups is 2. The average molecular weight is 495 g/mol. The van der Waals surface area contributed by atoms with E-state index in [1.54, 1.807) is 35.1 Å². The van der Waals surface area contributed by atoms with Crippen molar-refractivity contribution < 1.29 is 9.59 Å². The van der Waals surface area contributed by atoms with E-state index in [1.807, 2.05) is 60.7 Å². The Hall–Kier alpha value is -5.25. The van der Waals surface area contributed by atoms with Crippen LogP contribution in [0.15, 0.2) is 101 Å². The summed E-state index contributed by atoms with van der Waals surface area (Å²) < 4.78 is 2.92. The molecule has 0 atom stereocenters. The molecule has 0 aliphatic rings. The van der Waals surface area contributed by atoms with Gasteiger partial charge < -0.3 is 0 Å². The number of hydrazine groups is 1. The molecule has 10 nitrogen and oxygen atoms in total. The first kappa shape index (κ1) is 23.5. The van der Waals surface area contributed by atoms with E-state index in [2.05, 4.69) is 20.9 Å². The van der Waals surface area contributed by atoms with Gasteiger partial charge in [-0.15, -0.1) is 0 Å². The molecule has 3 N–H and O–H groups in total. The van der Waals surface area contributed by atoms with Gasteiger partial charge in [-0.05, 0) is 24.3 Å². The Morgan fingerprint density at radius 3 is 2.27 bits per heavy atom. The van der Waals surface area contributed by atoms with Crippen molar-refractivity contribution in [1.82, 2.24) is 30.2 Å². The van der Waals surface area contributed by atoms with Crippen molar-refractivity contribution in [2.75, 3.05) is 0 Å². The Kier molecular flexibility index (Phi) is 6.45. The van der Waals surface area contributed by atoms with Crippen LogP contribution in [-0.4, -0.2) is 31.1 Å². The molecule has 2 aromatic heterocycles. The van der Waals surface area contributed by atoms with Crippen LogP contribution in [0.1, 0.15) is 16.8 Å². The lowest BCUT2D eigenvalue weighted by molar-refractivity contribution is -0.122. The van der Waals surface area contributed by atoms with Gasteiger partial charge in [0.1, 0.15) is 5.69 Å². The number of para-hydroxylation sites is 2. The van der Waals surface area contributed by atoms with Crippen molar-refractivity contribution in [1.29, 1.82) is 0 Å². The van der Waals surface area contributed by atoms with Crippen LogP contribution >= 0.6 is 0 Å². The monoisotopic (exact) mass is 494 g/mol. The molecule has 0 fully saturated rings. The first-order valence-corrected chi connectivity index (χ1v) is 11.5. The molecule has 0 radical (unpaired) electrons. The van der Waals surface area contributed by atoms with Crippen LogP contribution in [0.3, 0.4) is 0 Å². The van der Waals surface area contributed by atoms with Crippen molar-refractivity contribution in [2.24, 2.45) is 0 Å². The Morgan fingerprint density at radius 1 is 0.838 bits per heavy atom. The van der Waals surface area contributed by atoms with Gasteiger partial charge >= 0.3 is 5.69 Å². The van der Waals surface area contributed by atoms with E-state index in [9.17, 15) is 19.2 Å². The minimum atomic E-state index is -0.610. The molecule has 5 rings (SSSR count). The molecular weight excluding hydrogens is 472 g/mol. The molecule has 0 aliphatic heterocycles. The van der Waals surface area contributed by atoms with Crippen LogP contribution < -0.4 is 22.1 Å². The quantitative estimate of drug-likeness (QED) is 0.312. The summed E-state index contributed by atoms with van der Waals surface area (Å²) in [5.41, 5.74) is 6.42. The fourth-order valence-electron chi connectivity index (χ4n) is 4.00. The maximum atomic E-state index is 13.1. The van der Waals surface area contributed by atoms with Gasteiger partial charge in [0.05, 0.1) is 22.2 Å². The summed E-state index contributed by atoms with van der Waals surface area (Å²) in [7, 11) is 0. The molecule has 2 heterocycles. The van der Waals surface area contributed by atoms with Crippen LogP contribution in [0.5, 0.6) is 0 Å².